The van der Waals surface area contributed by atoms with Crippen molar-refractivity contribution in [2.24, 2.45) is 5.92 Å². The number of hydrogen-bond donors (Lipinski definition) is 2. The highest BCUT2D eigenvalue weighted by molar-refractivity contribution is 5.78. The highest BCUT2D eigenvalue weighted by Crippen LogP contribution is 2.19. The summed E-state index contributed by atoms with van der Waals surface area (Å²) < 4.78 is 5.02. The molecule has 2 N–H and O–H groups in total. The molecule has 0 radical (unpaired) electrons. The van der Waals surface area contributed by atoms with Crippen molar-refractivity contribution in [3.05, 3.63) is 16.7 Å². The average Bonchev–Trinajstić information content (AvgIpc) is 2.37. The normalized spacial score (nSPS) is 11.8. The number of nitrogens with zero attached hydrogens (tertiary/aromatic N) is 2. The van der Waals surface area contributed by atoms with Gasteiger partial charge in [-0.25, -0.2) is 4.98 Å². The third-order valence-corrected chi connectivity index (χ3v) is 2.60. The molecule has 1 aromatic heterocycles. The summed E-state index contributed by atoms with van der Waals surface area (Å²) in [6.45, 7) is 2.24. The molecule has 0 fully saturated rings. The average molecular weight is 254 g/mol. The van der Waals surface area contributed by atoms with Crippen LogP contribution in [0.2, 0.25) is 0 Å². The van der Waals surface area contributed by atoms with Crippen LogP contribution in [0, 0.1) is 5.92 Å². The predicted octanol–water partition coefficient (Wildman–Crippen LogP) is -0.403. The smallest absolute Gasteiger partial charge is 0.295 e. The largest absolute Gasteiger partial charge is 0.489 e. The van der Waals surface area contributed by atoms with E-state index < -0.39 is 0 Å². The Hall–Kier alpha value is -2.05. The Balaban J connectivity index is 2.91. The molecule has 1 heterocycles. The van der Waals surface area contributed by atoms with Crippen molar-refractivity contribution in [1.29, 1.82) is 0 Å². The van der Waals surface area contributed by atoms with E-state index in [1.165, 1.54) is 13.4 Å². The number of H-pyrrole nitrogens is 1. The van der Waals surface area contributed by atoms with E-state index in [4.69, 9.17) is 4.74 Å². The van der Waals surface area contributed by atoms with E-state index in [-0.39, 0.29) is 23.1 Å². The highest BCUT2D eigenvalue weighted by atomic mass is 16.5. The second-order valence-corrected chi connectivity index (χ2v) is 3.98. The first-order valence-corrected chi connectivity index (χ1v) is 5.55. The van der Waals surface area contributed by atoms with Crippen LogP contribution in [0.15, 0.2) is 11.1 Å². The number of methoxy groups -OCH3 is 1. The molecule has 0 saturated carbocycles. The molecule has 7 heteroatoms. The molecule has 100 valence electrons. The van der Waals surface area contributed by atoms with Gasteiger partial charge in [-0.3, -0.25) is 9.59 Å². The van der Waals surface area contributed by atoms with Gasteiger partial charge in [0, 0.05) is 20.6 Å². The number of carbonyl (C=O) groups is 1. The molecule has 0 aliphatic rings. The minimum atomic E-state index is -0.345. The zero-order valence-corrected chi connectivity index (χ0v) is 11.0. The van der Waals surface area contributed by atoms with Crippen LogP contribution in [-0.2, 0) is 4.79 Å². The van der Waals surface area contributed by atoms with Crippen LogP contribution in [0.3, 0.4) is 0 Å². The van der Waals surface area contributed by atoms with Crippen molar-refractivity contribution in [3.63, 3.8) is 0 Å². The van der Waals surface area contributed by atoms with Gasteiger partial charge in [0.05, 0.1) is 19.4 Å². The zero-order chi connectivity index (χ0) is 13.7. The quantitative estimate of drug-likeness (QED) is 0.746. The number of ether oxygens (including phenoxy) is 1. The van der Waals surface area contributed by atoms with Gasteiger partial charge in [-0.2, -0.15) is 0 Å². The Morgan fingerprint density at radius 1 is 1.67 bits per heavy atom. The molecule has 0 aliphatic heterocycles. The number of anilines is 1. The summed E-state index contributed by atoms with van der Waals surface area (Å²) in [6.07, 6.45) is 1.31. The highest BCUT2D eigenvalue weighted by Gasteiger charge is 2.18. The molecular formula is C11H18N4O3. The van der Waals surface area contributed by atoms with Gasteiger partial charge in [0.1, 0.15) is 0 Å². The zero-order valence-electron chi connectivity index (χ0n) is 11.0. The molecule has 0 spiro atoms. The van der Waals surface area contributed by atoms with E-state index in [0.29, 0.717) is 12.4 Å². The maximum Gasteiger partial charge on any atom is 0.295 e. The Morgan fingerprint density at radius 3 is 2.89 bits per heavy atom. The van der Waals surface area contributed by atoms with Crippen molar-refractivity contribution in [3.8, 4) is 5.75 Å². The summed E-state index contributed by atoms with van der Waals surface area (Å²) in [5.74, 6) is 0.276. The fourth-order valence-corrected chi connectivity index (χ4v) is 1.66. The molecule has 1 atom stereocenters. The summed E-state index contributed by atoms with van der Waals surface area (Å²) in [5.41, 5.74) is -0.345. The summed E-state index contributed by atoms with van der Waals surface area (Å²) in [5, 5.41) is 2.58. The number of nitrogens with one attached hydrogen (secondary N) is 2. The SMILES string of the molecule is CNC(=O)C(C)CN(C)c1nc[nH]c(=O)c1OC. The third kappa shape index (κ3) is 2.99. The Kier molecular flexibility index (Phi) is 4.70. The summed E-state index contributed by atoms with van der Waals surface area (Å²) in [6, 6.07) is 0. The molecular weight excluding hydrogens is 236 g/mol. The third-order valence-electron chi connectivity index (χ3n) is 2.60. The topological polar surface area (TPSA) is 87.3 Å². The van der Waals surface area contributed by atoms with Crippen LogP contribution in [0.4, 0.5) is 5.82 Å². The van der Waals surface area contributed by atoms with Gasteiger partial charge in [-0.15, -0.1) is 0 Å². The van der Waals surface area contributed by atoms with Crippen LogP contribution in [0.1, 0.15) is 6.92 Å². The molecule has 0 aliphatic carbocycles. The monoisotopic (exact) mass is 254 g/mol. The Morgan fingerprint density at radius 2 is 2.33 bits per heavy atom. The maximum absolute atomic E-state index is 11.5. The first-order chi connectivity index (χ1) is 8.51. The van der Waals surface area contributed by atoms with Gasteiger partial charge in [0.25, 0.3) is 5.56 Å². The molecule has 1 rings (SSSR count). The number of aromatic amines is 1. The first kappa shape index (κ1) is 14.0. The fraction of sp³-hybridized carbons (Fsp3) is 0.545. The summed E-state index contributed by atoms with van der Waals surface area (Å²) in [4.78, 5) is 31.2. The number of hydrogen-bond acceptors (Lipinski definition) is 5. The molecule has 18 heavy (non-hydrogen) atoms. The summed E-state index contributed by atoms with van der Waals surface area (Å²) >= 11 is 0. The van der Waals surface area contributed by atoms with E-state index >= 15 is 0 Å². The Bertz CT molecular complexity index is 472. The molecule has 1 unspecified atom stereocenters. The molecule has 0 aromatic carbocycles. The van der Waals surface area contributed by atoms with Crippen molar-refractivity contribution in [1.82, 2.24) is 15.3 Å². The fourth-order valence-electron chi connectivity index (χ4n) is 1.66. The van der Waals surface area contributed by atoms with Crippen molar-refractivity contribution in [2.75, 3.05) is 32.6 Å². The summed E-state index contributed by atoms with van der Waals surface area (Å²) in [7, 11) is 4.75. The van der Waals surface area contributed by atoms with Gasteiger partial charge in [0.15, 0.2) is 5.82 Å². The molecule has 0 saturated heterocycles. The second-order valence-electron chi connectivity index (χ2n) is 3.98. The van der Waals surface area contributed by atoms with Crippen molar-refractivity contribution in [2.45, 2.75) is 6.92 Å². The number of rotatable bonds is 5. The molecule has 7 nitrogen and oxygen atoms in total. The van der Waals surface area contributed by atoms with Crippen molar-refractivity contribution >= 4 is 11.7 Å². The number of amides is 1. The van der Waals surface area contributed by atoms with Gasteiger partial charge < -0.3 is 19.9 Å². The van der Waals surface area contributed by atoms with Crippen LogP contribution in [-0.4, -0.2) is 43.6 Å². The number of carbonyl (C=O) groups excluding carboxylic acids is 1. The van der Waals surface area contributed by atoms with Crippen LogP contribution in [0.25, 0.3) is 0 Å². The van der Waals surface area contributed by atoms with Crippen LogP contribution < -0.4 is 20.5 Å². The lowest BCUT2D eigenvalue weighted by Gasteiger charge is -2.22. The van der Waals surface area contributed by atoms with Crippen LogP contribution in [0.5, 0.6) is 5.75 Å². The minimum absolute atomic E-state index is 0.0642. The maximum atomic E-state index is 11.5. The van der Waals surface area contributed by atoms with Crippen LogP contribution >= 0.6 is 0 Å². The first-order valence-electron chi connectivity index (χ1n) is 5.55. The Labute approximate surface area is 105 Å². The van der Waals surface area contributed by atoms with E-state index in [2.05, 4.69) is 15.3 Å². The van der Waals surface area contributed by atoms with Gasteiger partial charge in [-0.05, 0) is 0 Å². The molecule has 1 amide bonds. The van der Waals surface area contributed by atoms with E-state index in [1.807, 2.05) is 0 Å². The minimum Gasteiger partial charge on any atom is -0.489 e. The van der Waals surface area contributed by atoms with Gasteiger partial charge >= 0.3 is 0 Å². The molecule has 1 aromatic rings. The van der Waals surface area contributed by atoms with Gasteiger partial charge in [0.2, 0.25) is 11.7 Å². The lowest BCUT2D eigenvalue weighted by molar-refractivity contribution is -0.123. The molecule has 0 bridgehead atoms. The predicted molar refractivity (Wildman–Crippen MR) is 67.9 cm³/mol. The van der Waals surface area contributed by atoms with E-state index in [1.54, 1.807) is 25.9 Å². The van der Waals surface area contributed by atoms with E-state index in [9.17, 15) is 9.59 Å². The van der Waals surface area contributed by atoms with E-state index in [0.717, 1.165) is 0 Å². The van der Waals surface area contributed by atoms with Crippen molar-refractivity contribution < 1.29 is 9.53 Å². The second kappa shape index (κ2) is 6.04. The standard InChI is InChI=1S/C11H18N4O3/c1-7(10(16)12-2)5-15(3)9-8(18-4)11(17)14-6-13-9/h6-7H,5H2,1-4H3,(H,12,16)(H,13,14,17). The lowest BCUT2D eigenvalue weighted by Crippen LogP contribution is -2.35. The lowest BCUT2D eigenvalue weighted by atomic mass is 10.1. The number of aromatic nitrogens is 2. The van der Waals surface area contributed by atoms with Gasteiger partial charge in [-0.1, -0.05) is 6.92 Å².